The van der Waals surface area contributed by atoms with Crippen molar-refractivity contribution in [1.82, 2.24) is 0 Å². The maximum Gasteiger partial charge on any atom is 0.317 e. The van der Waals surface area contributed by atoms with Crippen molar-refractivity contribution in [2.75, 3.05) is 0 Å². The molecule has 18 heavy (non-hydrogen) atoms. The van der Waals surface area contributed by atoms with E-state index in [1.165, 1.54) is 18.2 Å². The number of carbonyl (C=O) groups excluding carboxylic acids is 1. The van der Waals surface area contributed by atoms with E-state index in [2.05, 4.69) is 0 Å². The van der Waals surface area contributed by atoms with Crippen LogP contribution in [0.15, 0.2) is 18.2 Å². The Kier molecular flexibility index (Phi) is 3.21. The zero-order valence-electron chi connectivity index (χ0n) is 9.35. The van der Waals surface area contributed by atoms with Gasteiger partial charge in [-0.25, -0.2) is 0 Å². The van der Waals surface area contributed by atoms with Crippen molar-refractivity contribution in [1.29, 1.82) is 0 Å². The van der Waals surface area contributed by atoms with E-state index < -0.39 is 21.1 Å². The standard InChI is InChI=1S/C11H9Cl2NO4/c1-6-2-3-7(14(16)17)4-9(6)18-10(15)8-5-11(8,12)13/h2-4,8H,5H2,1H3. The minimum absolute atomic E-state index is 0.137. The van der Waals surface area contributed by atoms with Crippen molar-refractivity contribution >= 4 is 34.9 Å². The fourth-order valence-corrected chi connectivity index (χ4v) is 1.95. The Bertz CT molecular complexity index is 530. The molecule has 0 saturated heterocycles. The van der Waals surface area contributed by atoms with E-state index in [4.69, 9.17) is 27.9 Å². The predicted octanol–water partition coefficient (Wildman–Crippen LogP) is 3.00. The second kappa shape index (κ2) is 4.40. The summed E-state index contributed by atoms with van der Waals surface area (Å²) in [5, 5.41) is 10.6. The summed E-state index contributed by atoms with van der Waals surface area (Å²) in [7, 11) is 0. The van der Waals surface area contributed by atoms with Gasteiger partial charge in [-0.2, -0.15) is 0 Å². The summed E-state index contributed by atoms with van der Waals surface area (Å²) in [5.74, 6) is -0.978. The number of nitro groups is 1. The van der Waals surface area contributed by atoms with Gasteiger partial charge in [-0.3, -0.25) is 14.9 Å². The largest absolute Gasteiger partial charge is 0.426 e. The summed E-state index contributed by atoms with van der Waals surface area (Å²) in [4.78, 5) is 21.7. The molecule has 1 unspecified atom stereocenters. The molecule has 96 valence electrons. The van der Waals surface area contributed by atoms with Crippen LogP contribution in [0.5, 0.6) is 5.75 Å². The number of ether oxygens (including phenoxy) is 1. The molecule has 1 fully saturated rings. The lowest BCUT2D eigenvalue weighted by atomic mass is 10.2. The molecule has 0 bridgehead atoms. The molecular weight excluding hydrogens is 281 g/mol. The molecule has 0 radical (unpaired) electrons. The van der Waals surface area contributed by atoms with Crippen LogP contribution in [-0.2, 0) is 4.79 Å². The highest BCUT2D eigenvalue weighted by molar-refractivity contribution is 6.52. The topological polar surface area (TPSA) is 69.4 Å². The molecule has 1 aliphatic carbocycles. The number of hydrogen-bond donors (Lipinski definition) is 0. The third kappa shape index (κ3) is 2.57. The number of rotatable bonds is 3. The van der Waals surface area contributed by atoms with Gasteiger partial charge in [-0.15, -0.1) is 23.2 Å². The monoisotopic (exact) mass is 289 g/mol. The van der Waals surface area contributed by atoms with E-state index >= 15 is 0 Å². The molecule has 1 aromatic carbocycles. The van der Waals surface area contributed by atoms with Crippen molar-refractivity contribution in [3.63, 3.8) is 0 Å². The maximum atomic E-state index is 11.7. The van der Waals surface area contributed by atoms with Gasteiger partial charge in [0.25, 0.3) is 5.69 Å². The summed E-state index contributed by atoms with van der Waals surface area (Å²) in [6.45, 7) is 1.69. The van der Waals surface area contributed by atoms with Crippen LogP contribution >= 0.6 is 23.2 Å². The van der Waals surface area contributed by atoms with E-state index in [0.29, 0.717) is 12.0 Å². The SMILES string of the molecule is Cc1ccc([N+](=O)[O-])cc1OC(=O)C1CC1(Cl)Cl. The van der Waals surface area contributed by atoms with Crippen molar-refractivity contribution in [2.24, 2.45) is 5.92 Å². The molecule has 0 aromatic heterocycles. The minimum Gasteiger partial charge on any atom is -0.426 e. The molecule has 0 aliphatic heterocycles. The first-order valence-electron chi connectivity index (χ1n) is 5.16. The van der Waals surface area contributed by atoms with E-state index in [9.17, 15) is 14.9 Å². The van der Waals surface area contributed by atoms with Gasteiger partial charge in [0, 0.05) is 6.07 Å². The second-order valence-electron chi connectivity index (χ2n) is 4.15. The van der Waals surface area contributed by atoms with Gasteiger partial charge in [0.1, 0.15) is 10.1 Å². The van der Waals surface area contributed by atoms with Crippen molar-refractivity contribution in [3.05, 3.63) is 33.9 Å². The molecular formula is C11H9Cl2NO4. The maximum absolute atomic E-state index is 11.7. The van der Waals surface area contributed by atoms with Gasteiger partial charge in [0.05, 0.1) is 16.9 Å². The number of esters is 1. The first kappa shape index (κ1) is 13.1. The van der Waals surface area contributed by atoms with Crippen LogP contribution in [0.4, 0.5) is 5.69 Å². The normalized spacial score (nSPS) is 20.3. The van der Waals surface area contributed by atoms with Crippen LogP contribution in [0.3, 0.4) is 0 Å². The van der Waals surface area contributed by atoms with Gasteiger partial charge in [0.15, 0.2) is 0 Å². The van der Waals surface area contributed by atoms with Gasteiger partial charge >= 0.3 is 5.97 Å². The number of nitro benzene ring substituents is 1. The Hall–Kier alpha value is -1.33. The lowest BCUT2D eigenvalue weighted by Gasteiger charge is -2.07. The van der Waals surface area contributed by atoms with E-state index in [0.717, 1.165) is 0 Å². The molecule has 2 rings (SSSR count). The Morgan fingerprint density at radius 3 is 2.67 bits per heavy atom. The van der Waals surface area contributed by atoms with Crippen LogP contribution in [0.25, 0.3) is 0 Å². The zero-order chi connectivity index (χ0) is 13.5. The lowest BCUT2D eigenvalue weighted by Crippen LogP contribution is -2.14. The number of hydrogen-bond acceptors (Lipinski definition) is 4. The molecule has 0 amide bonds. The number of halogens is 2. The lowest BCUT2D eigenvalue weighted by molar-refractivity contribution is -0.384. The number of benzene rings is 1. The third-order valence-electron chi connectivity index (χ3n) is 2.70. The highest BCUT2D eigenvalue weighted by Gasteiger charge is 2.57. The van der Waals surface area contributed by atoms with Crippen molar-refractivity contribution in [2.45, 2.75) is 17.7 Å². The van der Waals surface area contributed by atoms with E-state index in [1.54, 1.807) is 6.92 Å². The quantitative estimate of drug-likeness (QED) is 0.282. The fraction of sp³-hybridized carbons (Fsp3) is 0.364. The van der Waals surface area contributed by atoms with Gasteiger partial charge < -0.3 is 4.74 Å². The van der Waals surface area contributed by atoms with Crippen LogP contribution in [0.1, 0.15) is 12.0 Å². The molecule has 5 nitrogen and oxygen atoms in total. The van der Waals surface area contributed by atoms with E-state index in [-0.39, 0.29) is 11.4 Å². The van der Waals surface area contributed by atoms with Gasteiger partial charge in [-0.1, -0.05) is 0 Å². The van der Waals surface area contributed by atoms with Crippen LogP contribution in [0.2, 0.25) is 0 Å². The number of nitrogens with zero attached hydrogens (tertiary/aromatic N) is 1. The summed E-state index contributed by atoms with van der Waals surface area (Å²) in [6.07, 6.45) is 0.336. The minimum atomic E-state index is -1.06. The molecule has 0 spiro atoms. The summed E-state index contributed by atoms with van der Waals surface area (Å²) in [6, 6.07) is 4.07. The van der Waals surface area contributed by atoms with Crippen molar-refractivity contribution in [3.8, 4) is 5.75 Å². The summed E-state index contributed by atoms with van der Waals surface area (Å²) in [5.41, 5.74) is 0.492. The fourth-order valence-electron chi connectivity index (χ4n) is 1.46. The highest BCUT2D eigenvalue weighted by atomic mass is 35.5. The average molecular weight is 290 g/mol. The molecule has 0 N–H and O–H groups in total. The smallest absolute Gasteiger partial charge is 0.317 e. The zero-order valence-corrected chi connectivity index (χ0v) is 10.9. The van der Waals surface area contributed by atoms with E-state index in [1.807, 2.05) is 0 Å². The van der Waals surface area contributed by atoms with Crippen LogP contribution < -0.4 is 4.74 Å². The predicted molar refractivity (Wildman–Crippen MR) is 66.0 cm³/mol. The Labute approximate surface area is 113 Å². The third-order valence-corrected chi connectivity index (χ3v) is 3.54. The number of carbonyl (C=O) groups is 1. The number of non-ortho nitro benzene ring substituents is 1. The molecule has 1 aliphatic rings. The summed E-state index contributed by atoms with van der Waals surface area (Å²) >= 11 is 11.5. The Morgan fingerprint density at radius 2 is 2.17 bits per heavy atom. The van der Waals surface area contributed by atoms with Crippen LogP contribution in [-0.4, -0.2) is 15.2 Å². The average Bonchev–Trinajstić information content (AvgIpc) is 2.90. The highest BCUT2D eigenvalue weighted by Crippen LogP contribution is 2.53. The first-order chi connectivity index (χ1) is 8.31. The first-order valence-corrected chi connectivity index (χ1v) is 5.91. The Morgan fingerprint density at radius 1 is 1.56 bits per heavy atom. The molecule has 0 heterocycles. The molecule has 1 saturated carbocycles. The number of alkyl halides is 2. The summed E-state index contributed by atoms with van der Waals surface area (Å²) < 4.78 is 4.02. The van der Waals surface area contributed by atoms with Crippen LogP contribution in [0, 0.1) is 23.0 Å². The van der Waals surface area contributed by atoms with Crippen molar-refractivity contribution < 1.29 is 14.5 Å². The number of aryl methyl sites for hydroxylation is 1. The Balaban J connectivity index is 2.16. The molecule has 1 atom stereocenters. The van der Waals surface area contributed by atoms with Gasteiger partial charge in [0.2, 0.25) is 0 Å². The second-order valence-corrected chi connectivity index (χ2v) is 5.69. The molecule has 7 heteroatoms. The molecule has 1 aromatic rings. The van der Waals surface area contributed by atoms with Gasteiger partial charge in [-0.05, 0) is 25.0 Å².